The highest BCUT2D eigenvalue weighted by Gasteiger charge is 2.26. The molecule has 2 rings (SSSR count). The van der Waals surface area contributed by atoms with Gasteiger partial charge in [0.25, 0.3) is 0 Å². The van der Waals surface area contributed by atoms with Crippen molar-refractivity contribution in [3.05, 3.63) is 60.1 Å². The summed E-state index contributed by atoms with van der Waals surface area (Å²) >= 11 is 0. The van der Waals surface area contributed by atoms with E-state index in [1.165, 1.54) is 5.56 Å². The third-order valence-corrected chi connectivity index (χ3v) is 4.37. The Labute approximate surface area is 184 Å². The number of furan rings is 1. The molecule has 0 aliphatic heterocycles. The summed E-state index contributed by atoms with van der Waals surface area (Å²) in [7, 11) is 1.64. The van der Waals surface area contributed by atoms with Crippen molar-refractivity contribution in [3.8, 4) is 0 Å². The fraction of sp³-hybridized carbons (Fsp3) is 0.429. The number of halogens is 1. The zero-order valence-corrected chi connectivity index (χ0v) is 19.3. The van der Waals surface area contributed by atoms with E-state index in [1.807, 2.05) is 44.2 Å². The van der Waals surface area contributed by atoms with E-state index in [2.05, 4.69) is 40.0 Å². The van der Waals surface area contributed by atoms with Gasteiger partial charge in [0.15, 0.2) is 5.96 Å². The summed E-state index contributed by atoms with van der Waals surface area (Å²) in [6.45, 7) is 6.92. The van der Waals surface area contributed by atoms with Crippen LogP contribution in [0.5, 0.6) is 0 Å². The molecular formula is C21H31IN4O2. The third kappa shape index (κ3) is 7.53. The molecule has 0 aliphatic carbocycles. The molecule has 1 aromatic carbocycles. The quantitative estimate of drug-likeness (QED) is 0.296. The molecule has 0 saturated heterocycles. The molecule has 7 heteroatoms. The fourth-order valence-corrected chi connectivity index (χ4v) is 2.63. The molecule has 1 amide bonds. The third-order valence-electron chi connectivity index (χ3n) is 4.37. The number of nitrogens with zero attached hydrogens (tertiary/aromatic N) is 1. The van der Waals surface area contributed by atoms with Crippen LogP contribution in [0.15, 0.2) is 58.1 Å². The van der Waals surface area contributed by atoms with Crippen molar-refractivity contribution in [2.24, 2.45) is 10.4 Å². The summed E-state index contributed by atoms with van der Waals surface area (Å²) in [4.78, 5) is 16.7. The Morgan fingerprint density at radius 2 is 1.89 bits per heavy atom. The molecule has 0 saturated carbocycles. The van der Waals surface area contributed by atoms with Crippen LogP contribution in [-0.4, -0.2) is 32.0 Å². The second-order valence-electron chi connectivity index (χ2n) is 7.16. The normalized spacial score (nSPS) is 12.6. The molecule has 3 N–H and O–H groups in total. The van der Waals surface area contributed by atoms with E-state index in [1.54, 1.807) is 13.3 Å². The van der Waals surface area contributed by atoms with Crippen LogP contribution in [0.4, 0.5) is 0 Å². The number of carbonyl (C=O) groups is 1. The van der Waals surface area contributed by atoms with Gasteiger partial charge in [-0.15, -0.1) is 24.0 Å². The highest BCUT2D eigenvalue weighted by molar-refractivity contribution is 14.0. The lowest BCUT2D eigenvalue weighted by Gasteiger charge is -2.23. The Morgan fingerprint density at radius 3 is 2.50 bits per heavy atom. The largest absolute Gasteiger partial charge is 0.469 e. The first-order valence-corrected chi connectivity index (χ1v) is 9.27. The van der Waals surface area contributed by atoms with Crippen LogP contribution < -0.4 is 16.0 Å². The summed E-state index contributed by atoms with van der Waals surface area (Å²) in [6.07, 6.45) is 2.43. The SMILES string of the molecule is CNC(=O)C(C)(C)CN=C(NCCc1ccco1)NC(C)c1ccccc1.I. The minimum Gasteiger partial charge on any atom is -0.469 e. The summed E-state index contributed by atoms with van der Waals surface area (Å²) in [6, 6.07) is 14.1. The molecule has 0 bridgehead atoms. The monoisotopic (exact) mass is 498 g/mol. The van der Waals surface area contributed by atoms with Gasteiger partial charge >= 0.3 is 0 Å². The number of hydrogen-bond acceptors (Lipinski definition) is 3. The van der Waals surface area contributed by atoms with Gasteiger partial charge in [-0.3, -0.25) is 9.79 Å². The number of amides is 1. The molecule has 1 unspecified atom stereocenters. The van der Waals surface area contributed by atoms with E-state index in [-0.39, 0.29) is 35.9 Å². The first kappa shape index (κ1) is 24.0. The molecule has 154 valence electrons. The Kier molecular flexibility index (Phi) is 10.1. The van der Waals surface area contributed by atoms with Crippen LogP contribution >= 0.6 is 24.0 Å². The number of carbonyl (C=O) groups excluding carboxylic acids is 1. The van der Waals surface area contributed by atoms with E-state index in [9.17, 15) is 4.79 Å². The molecule has 0 fully saturated rings. The number of rotatable bonds is 8. The molecule has 28 heavy (non-hydrogen) atoms. The number of guanidine groups is 1. The van der Waals surface area contributed by atoms with Crippen LogP contribution in [0, 0.1) is 5.41 Å². The molecule has 1 atom stereocenters. The van der Waals surface area contributed by atoms with E-state index >= 15 is 0 Å². The van der Waals surface area contributed by atoms with Crippen molar-refractivity contribution in [2.75, 3.05) is 20.1 Å². The first-order chi connectivity index (χ1) is 12.9. The van der Waals surface area contributed by atoms with Gasteiger partial charge < -0.3 is 20.4 Å². The Balaban J connectivity index is 0.00000392. The van der Waals surface area contributed by atoms with E-state index in [0.717, 1.165) is 12.2 Å². The highest BCUT2D eigenvalue weighted by atomic mass is 127. The zero-order valence-electron chi connectivity index (χ0n) is 17.0. The van der Waals surface area contributed by atoms with E-state index in [4.69, 9.17) is 4.42 Å². The van der Waals surface area contributed by atoms with Crippen LogP contribution in [0.3, 0.4) is 0 Å². The van der Waals surface area contributed by atoms with Crippen molar-refractivity contribution in [3.63, 3.8) is 0 Å². The summed E-state index contributed by atoms with van der Waals surface area (Å²) in [5.74, 6) is 1.57. The average molecular weight is 498 g/mol. The lowest BCUT2D eigenvalue weighted by atomic mass is 9.93. The summed E-state index contributed by atoms with van der Waals surface area (Å²) < 4.78 is 5.37. The Morgan fingerprint density at radius 1 is 1.18 bits per heavy atom. The van der Waals surface area contributed by atoms with Crippen LogP contribution in [-0.2, 0) is 11.2 Å². The first-order valence-electron chi connectivity index (χ1n) is 9.27. The standard InChI is InChI=1S/C21H30N4O2.HI/c1-16(17-9-6-5-7-10-17)25-20(23-13-12-18-11-8-14-27-18)24-15-21(2,3)19(26)22-4;/h5-11,14,16H,12-13,15H2,1-4H3,(H,22,26)(H2,23,24,25);1H. The Bertz CT molecular complexity index is 730. The molecule has 1 heterocycles. The van der Waals surface area contributed by atoms with Crippen molar-refractivity contribution in [1.29, 1.82) is 0 Å². The zero-order chi connectivity index (χ0) is 19.7. The van der Waals surface area contributed by atoms with Gasteiger partial charge in [-0.25, -0.2) is 0 Å². The summed E-state index contributed by atoms with van der Waals surface area (Å²) in [5.41, 5.74) is 0.587. The smallest absolute Gasteiger partial charge is 0.227 e. The summed E-state index contributed by atoms with van der Waals surface area (Å²) in [5, 5.41) is 9.45. The number of nitrogens with one attached hydrogen (secondary N) is 3. The molecule has 6 nitrogen and oxygen atoms in total. The van der Waals surface area contributed by atoms with Gasteiger partial charge in [0.2, 0.25) is 5.91 Å². The predicted octanol–water partition coefficient (Wildman–Crippen LogP) is 3.51. The van der Waals surface area contributed by atoms with Gasteiger partial charge in [-0.05, 0) is 38.5 Å². The maximum atomic E-state index is 12.0. The molecule has 0 radical (unpaired) electrons. The molecular weight excluding hydrogens is 467 g/mol. The predicted molar refractivity (Wildman–Crippen MR) is 124 cm³/mol. The molecule has 2 aromatic rings. The minimum atomic E-state index is -0.583. The number of hydrogen-bond donors (Lipinski definition) is 3. The maximum Gasteiger partial charge on any atom is 0.227 e. The topological polar surface area (TPSA) is 78.7 Å². The maximum absolute atomic E-state index is 12.0. The van der Waals surface area contributed by atoms with Crippen LogP contribution in [0.2, 0.25) is 0 Å². The van der Waals surface area contributed by atoms with Gasteiger partial charge in [0, 0.05) is 20.0 Å². The van der Waals surface area contributed by atoms with Crippen molar-refractivity contribution in [1.82, 2.24) is 16.0 Å². The van der Waals surface area contributed by atoms with Crippen molar-refractivity contribution >= 4 is 35.8 Å². The van der Waals surface area contributed by atoms with Crippen LogP contribution in [0.25, 0.3) is 0 Å². The van der Waals surface area contributed by atoms with E-state index in [0.29, 0.717) is 19.0 Å². The minimum absolute atomic E-state index is 0. The second-order valence-corrected chi connectivity index (χ2v) is 7.16. The molecule has 0 spiro atoms. The second kappa shape index (κ2) is 11.7. The Hall–Kier alpha value is -2.03. The molecule has 1 aromatic heterocycles. The fourth-order valence-electron chi connectivity index (χ4n) is 2.63. The van der Waals surface area contributed by atoms with Gasteiger partial charge in [-0.2, -0.15) is 0 Å². The highest BCUT2D eigenvalue weighted by Crippen LogP contribution is 2.16. The van der Waals surface area contributed by atoms with Crippen LogP contribution in [0.1, 0.15) is 38.1 Å². The molecule has 0 aliphatic rings. The average Bonchev–Trinajstić information content (AvgIpc) is 3.19. The lowest BCUT2D eigenvalue weighted by Crippen LogP contribution is -2.42. The lowest BCUT2D eigenvalue weighted by molar-refractivity contribution is -0.128. The van der Waals surface area contributed by atoms with Gasteiger partial charge in [0.1, 0.15) is 5.76 Å². The van der Waals surface area contributed by atoms with Gasteiger partial charge in [0.05, 0.1) is 24.3 Å². The number of benzene rings is 1. The van der Waals surface area contributed by atoms with Crippen molar-refractivity contribution in [2.45, 2.75) is 33.2 Å². The van der Waals surface area contributed by atoms with Gasteiger partial charge in [-0.1, -0.05) is 30.3 Å². The number of aliphatic imine (C=N–C) groups is 1. The van der Waals surface area contributed by atoms with Crippen molar-refractivity contribution < 1.29 is 9.21 Å². The van der Waals surface area contributed by atoms with E-state index < -0.39 is 5.41 Å².